The van der Waals surface area contributed by atoms with Gasteiger partial charge in [0.25, 0.3) is 0 Å². The van der Waals surface area contributed by atoms with Gasteiger partial charge < -0.3 is 19.3 Å². The molecule has 4 heterocycles. The maximum atomic E-state index is 14.9. The molecule has 0 saturated carbocycles. The van der Waals surface area contributed by atoms with E-state index in [0.29, 0.717) is 42.2 Å². The lowest BCUT2D eigenvalue weighted by molar-refractivity contribution is 0.0218. The van der Waals surface area contributed by atoms with Gasteiger partial charge in [-0.25, -0.2) is 23.5 Å². The Morgan fingerprint density at radius 2 is 1.91 bits per heavy atom. The van der Waals surface area contributed by atoms with Crippen molar-refractivity contribution < 1.29 is 18.7 Å². The lowest BCUT2D eigenvalue weighted by Crippen LogP contribution is -2.55. The molecule has 1 aliphatic heterocycles. The number of hydrogen-bond acceptors (Lipinski definition) is 9. The molecule has 240 valence electrons. The third-order valence-electron chi connectivity index (χ3n) is 7.87. The van der Waals surface area contributed by atoms with E-state index in [2.05, 4.69) is 16.0 Å². The van der Waals surface area contributed by atoms with Crippen molar-refractivity contribution in [1.82, 2.24) is 24.4 Å². The van der Waals surface area contributed by atoms with Gasteiger partial charge in [0, 0.05) is 37.4 Å². The predicted molar refractivity (Wildman–Crippen MR) is 173 cm³/mol. The topological polar surface area (TPSA) is 126 Å². The molecule has 0 aliphatic carbocycles. The van der Waals surface area contributed by atoms with Crippen molar-refractivity contribution in [2.75, 3.05) is 31.6 Å². The van der Waals surface area contributed by atoms with Crippen LogP contribution < -0.4 is 15.3 Å². The van der Waals surface area contributed by atoms with E-state index in [0.717, 1.165) is 5.56 Å². The zero-order valence-electron chi connectivity index (χ0n) is 27.4. The summed E-state index contributed by atoms with van der Waals surface area (Å²) >= 11 is 0. The number of anilines is 1. The number of halogens is 1. The molecule has 0 bridgehead atoms. The molecule has 5 rings (SSSR count). The maximum absolute atomic E-state index is 14.9. The van der Waals surface area contributed by atoms with Gasteiger partial charge in [0.05, 0.1) is 35.1 Å². The molecule has 4 aromatic rings. The monoisotopic (exact) mass is 627 g/mol. The molecule has 1 amide bonds. The standard InChI is InChI=1S/C34H38FN7O4/c1-19(2)26-28(20(3)12-13-37-26)42-31-24(16-22(17-36)27(38-31)23-10-9-11-25(35)29(23)45-8)30(39-32(42)43)41-15-14-40(18-21(41)4)33(44)46-34(5,6)7/h9-13,16,19,21H,14-15,18H2,1-8H3. The van der Waals surface area contributed by atoms with Crippen molar-refractivity contribution in [3.63, 3.8) is 0 Å². The zero-order chi connectivity index (χ0) is 33.5. The van der Waals surface area contributed by atoms with Crippen LogP contribution in [0.5, 0.6) is 5.75 Å². The van der Waals surface area contributed by atoms with E-state index in [1.807, 2.05) is 59.4 Å². The van der Waals surface area contributed by atoms with E-state index in [4.69, 9.17) is 14.5 Å². The minimum Gasteiger partial charge on any atom is -0.493 e. The van der Waals surface area contributed by atoms with Crippen molar-refractivity contribution in [1.29, 1.82) is 5.26 Å². The molecule has 11 nitrogen and oxygen atoms in total. The number of benzene rings is 1. The van der Waals surface area contributed by atoms with Gasteiger partial charge in [-0.05, 0) is 70.4 Å². The highest BCUT2D eigenvalue weighted by molar-refractivity contribution is 5.93. The SMILES string of the molecule is COc1c(F)cccc1-c1nc2c(cc1C#N)c(N1CCN(C(=O)OC(C)(C)C)CC1C)nc(=O)n2-c1c(C)ccnc1C(C)C. The summed E-state index contributed by atoms with van der Waals surface area (Å²) in [6.45, 7) is 14.3. The number of piperazine rings is 1. The molecule has 0 N–H and O–H groups in total. The Hall–Kier alpha value is -5.05. The molecular formula is C34H38FN7O4. The summed E-state index contributed by atoms with van der Waals surface area (Å²) in [6.07, 6.45) is 1.28. The van der Waals surface area contributed by atoms with Crippen molar-refractivity contribution in [3.05, 3.63) is 69.7 Å². The number of pyridine rings is 2. The van der Waals surface area contributed by atoms with Crippen LogP contribution in [0.2, 0.25) is 0 Å². The zero-order valence-corrected chi connectivity index (χ0v) is 27.4. The van der Waals surface area contributed by atoms with E-state index in [1.165, 1.54) is 23.8 Å². The second-order valence-electron chi connectivity index (χ2n) is 12.7. The summed E-state index contributed by atoms with van der Waals surface area (Å²) in [7, 11) is 1.35. The summed E-state index contributed by atoms with van der Waals surface area (Å²) in [4.78, 5) is 44.7. The van der Waals surface area contributed by atoms with Gasteiger partial charge in [-0.3, -0.25) is 4.98 Å². The molecule has 0 spiro atoms. The van der Waals surface area contributed by atoms with Crippen molar-refractivity contribution in [3.8, 4) is 28.8 Å². The average Bonchev–Trinajstić information content (AvgIpc) is 2.99. The van der Waals surface area contributed by atoms with Crippen LogP contribution in [-0.2, 0) is 4.74 Å². The molecule has 1 atom stereocenters. The first-order valence-electron chi connectivity index (χ1n) is 15.2. The second kappa shape index (κ2) is 12.4. The normalized spacial score (nSPS) is 15.3. The quantitative estimate of drug-likeness (QED) is 0.272. The number of nitriles is 1. The Balaban J connectivity index is 1.78. The lowest BCUT2D eigenvalue weighted by Gasteiger charge is -2.41. The molecule has 1 unspecified atom stereocenters. The van der Waals surface area contributed by atoms with E-state index >= 15 is 0 Å². The fourth-order valence-corrected chi connectivity index (χ4v) is 5.79. The van der Waals surface area contributed by atoms with Gasteiger partial charge in [0.1, 0.15) is 17.5 Å². The highest BCUT2D eigenvalue weighted by Crippen LogP contribution is 2.37. The minimum atomic E-state index is -0.638. The van der Waals surface area contributed by atoms with Crippen molar-refractivity contribution in [2.24, 2.45) is 0 Å². The number of aromatic nitrogens is 4. The lowest BCUT2D eigenvalue weighted by atomic mass is 10.0. The van der Waals surface area contributed by atoms with Crippen molar-refractivity contribution >= 4 is 22.9 Å². The summed E-state index contributed by atoms with van der Waals surface area (Å²) in [5.41, 5.74) is 1.59. The number of nitrogens with zero attached hydrogens (tertiary/aromatic N) is 7. The number of fused-ring (bicyclic) bond motifs is 1. The van der Waals surface area contributed by atoms with Gasteiger partial charge in [-0.2, -0.15) is 10.2 Å². The van der Waals surface area contributed by atoms with Crippen LogP contribution >= 0.6 is 0 Å². The Bertz CT molecular complexity index is 1930. The van der Waals surface area contributed by atoms with E-state index in [9.17, 15) is 19.2 Å². The highest BCUT2D eigenvalue weighted by atomic mass is 19.1. The number of amides is 1. The van der Waals surface area contributed by atoms with Crippen LogP contribution in [0.4, 0.5) is 15.0 Å². The summed E-state index contributed by atoms with van der Waals surface area (Å²) < 4.78 is 27.3. The molecule has 1 aliphatic rings. The second-order valence-corrected chi connectivity index (χ2v) is 12.7. The molecule has 1 aromatic carbocycles. The van der Waals surface area contributed by atoms with E-state index in [-0.39, 0.29) is 40.2 Å². The van der Waals surface area contributed by atoms with E-state index in [1.54, 1.807) is 23.2 Å². The minimum absolute atomic E-state index is 0.0429. The Morgan fingerprint density at radius 1 is 1.17 bits per heavy atom. The number of para-hydroxylation sites is 1. The number of aryl methyl sites for hydroxylation is 1. The first-order chi connectivity index (χ1) is 21.7. The number of carbonyl (C=O) groups excluding carboxylic acids is 1. The third kappa shape index (κ3) is 5.97. The smallest absolute Gasteiger partial charge is 0.410 e. The molecular weight excluding hydrogens is 589 g/mol. The summed E-state index contributed by atoms with van der Waals surface area (Å²) in [5.74, 6) is -0.387. The fraction of sp³-hybridized carbons (Fsp3) is 0.412. The Morgan fingerprint density at radius 3 is 2.54 bits per heavy atom. The molecule has 46 heavy (non-hydrogen) atoms. The predicted octanol–water partition coefficient (Wildman–Crippen LogP) is 5.74. The first kappa shape index (κ1) is 32.3. The fourth-order valence-electron chi connectivity index (χ4n) is 5.79. The number of hydrogen-bond donors (Lipinski definition) is 0. The molecule has 0 radical (unpaired) electrons. The van der Waals surface area contributed by atoms with Crippen LogP contribution in [0.3, 0.4) is 0 Å². The van der Waals surface area contributed by atoms with E-state index < -0.39 is 23.2 Å². The van der Waals surface area contributed by atoms with Crippen LogP contribution in [0, 0.1) is 24.1 Å². The Kier molecular flexibility index (Phi) is 8.71. The van der Waals surface area contributed by atoms with Crippen LogP contribution in [-0.4, -0.2) is 68.9 Å². The summed E-state index contributed by atoms with van der Waals surface area (Å²) in [5, 5.41) is 10.8. The van der Waals surface area contributed by atoms with Crippen LogP contribution in [0.15, 0.2) is 41.3 Å². The molecule has 1 saturated heterocycles. The molecule has 1 fully saturated rings. The van der Waals surface area contributed by atoms with Gasteiger partial charge in [-0.15, -0.1) is 0 Å². The van der Waals surface area contributed by atoms with Gasteiger partial charge in [-0.1, -0.05) is 19.9 Å². The van der Waals surface area contributed by atoms with Gasteiger partial charge in [0.2, 0.25) is 0 Å². The van der Waals surface area contributed by atoms with Crippen LogP contribution in [0.1, 0.15) is 64.3 Å². The average molecular weight is 628 g/mol. The van der Waals surface area contributed by atoms with Gasteiger partial charge >= 0.3 is 11.8 Å². The Labute approximate surface area is 267 Å². The third-order valence-corrected chi connectivity index (χ3v) is 7.87. The maximum Gasteiger partial charge on any atom is 0.410 e. The number of carbonyl (C=O) groups is 1. The van der Waals surface area contributed by atoms with Gasteiger partial charge in [0.15, 0.2) is 17.2 Å². The number of rotatable bonds is 5. The molecule has 3 aromatic heterocycles. The van der Waals surface area contributed by atoms with Crippen LogP contribution in [0.25, 0.3) is 28.0 Å². The largest absolute Gasteiger partial charge is 0.493 e. The highest BCUT2D eigenvalue weighted by Gasteiger charge is 2.33. The molecule has 12 heteroatoms. The summed E-state index contributed by atoms with van der Waals surface area (Å²) in [6, 6.07) is 9.78. The number of methoxy groups -OCH3 is 1. The van der Waals surface area contributed by atoms with Crippen molar-refractivity contribution in [2.45, 2.75) is 66.0 Å². The first-order valence-corrected chi connectivity index (χ1v) is 15.2. The number of ether oxygens (including phenoxy) is 2.